The van der Waals surface area contributed by atoms with Crippen LogP contribution in [-0.2, 0) is 0 Å². The third-order valence-electron chi connectivity index (χ3n) is 1.78. The first-order chi connectivity index (χ1) is 6.13. The predicted octanol–water partition coefficient (Wildman–Crippen LogP) is 3.61. The zero-order valence-electron chi connectivity index (χ0n) is 9.70. The average molecular weight is 182 g/mol. The van der Waals surface area contributed by atoms with Gasteiger partial charge in [0.05, 0.1) is 0 Å². The summed E-state index contributed by atoms with van der Waals surface area (Å²) in [7, 11) is 0. The molecule has 0 aliphatic rings. The third-order valence-corrected chi connectivity index (χ3v) is 1.78. The number of nitrogens with zero attached hydrogens (tertiary/aromatic N) is 2. The van der Waals surface area contributed by atoms with Crippen molar-refractivity contribution in [2.24, 2.45) is 0 Å². The minimum atomic E-state index is 0.474. The van der Waals surface area contributed by atoms with Crippen molar-refractivity contribution in [3.63, 3.8) is 0 Å². The lowest BCUT2D eigenvalue weighted by molar-refractivity contribution is 0.498. The summed E-state index contributed by atoms with van der Waals surface area (Å²) >= 11 is 0. The summed E-state index contributed by atoms with van der Waals surface area (Å²) in [6.07, 6.45) is 1.87. The van der Waals surface area contributed by atoms with E-state index in [0.29, 0.717) is 12.0 Å². The van der Waals surface area contributed by atoms with E-state index in [4.69, 9.17) is 0 Å². The molecule has 0 saturated heterocycles. The van der Waals surface area contributed by atoms with Crippen molar-refractivity contribution < 1.29 is 0 Å². The highest BCUT2D eigenvalue weighted by Gasteiger charge is 2.07. The molecule has 1 aromatic heterocycles. The first kappa shape index (κ1) is 12.2. The Labute approximate surface area is 82.0 Å². The van der Waals surface area contributed by atoms with Crippen molar-refractivity contribution in [3.05, 3.63) is 18.0 Å². The molecule has 0 amide bonds. The normalized spacial score (nSPS) is 10.2. The number of hydrogen-bond acceptors (Lipinski definition) is 1. The fourth-order valence-electron chi connectivity index (χ4n) is 1.21. The predicted molar refractivity (Wildman–Crippen MR) is 58.0 cm³/mol. The Kier molecular flexibility index (Phi) is 5.44. The number of hydrogen-bond donors (Lipinski definition) is 0. The Morgan fingerprint density at radius 2 is 1.69 bits per heavy atom. The first-order valence-electron chi connectivity index (χ1n) is 5.16. The van der Waals surface area contributed by atoms with Gasteiger partial charge in [0.25, 0.3) is 0 Å². The van der Waals surface area contributed by atoms with E-state index in [0.717, 1.165) is 0 Å². The molecule has 0 atom stereocenters. The van der Waals surface area contributed by atoms with Gasteiger partial charge >= 0.3 is 0 Å². The maximum atomic E-state index is 4.25. The molecule has 0 aliphatic heterocycles. The summed E-state index contributed by atoms with van der Waals surface area (Å²) in [5.74, 6) is 0.569. The summed E-state index contributed by atoms with van der Waals surface area (Å²) in [4.78, 5) is 0. The first-order valence-corrected chi connectivity index (χ1v) is 5.16. The van der Waals surface area contributed by atoms with E-state index < -0.39 is 0 Å². The van der Waals surface area contributed by atoms with Crippen molar-refractivity contribution in [1.82, 2.24) is 9.78 Å². The Hall–Kier alpha value is -0.790. The molecule has 0 bridgehead atoms. The van der Waals surface area contributed by atoms with E-state index in [9.17, 15) is 0 Å². The van der Waals surface area contributed by atoms with Crippen LogP contribution in [0.3, 0.4) is 0 Å². The molecule has 0 spiro atoms. The molecule has 0 unspecified atom stereocenters. The van der Waals surface area contributed by atoms with Crippen LogP contribution in [0.1, 0.15) is 59.2 Å². The lowest BCUT2D eigenvalue weighted by Crippen LogP contribution is -2.08. The molecule has 0 N–H and O–H groups in total. The van der Waals surface area contributed by atoms with E-state index in [1.165, 1.54) is 5.69 Å². The van der Waals surface area contributed by atoms with Crippen molar-refractivity contribution in [3.8, 4) is 0 Å². The van der Waals surface area contributed by atoms with Crippen LogP contribution in [0.25, 0.3) is 0 Å². The highest BCUT2D eigenvalue weighted by Crippen LogP contribution is 2.16. The fourth-order valence-corrected chi connectivity index (χ4v) is 1.21. The van der Waals surface area contributed by atoms with Gasteiger partial charge in [-0.05, 0) is 25.8 Å². The zero-order chi connectivity index (χ0) is 10.4. The van der Waals surface area contributed by atoms with Crippen molar-refractivity contribution in [2.45, 2.75) is 53.5 Å². The van der Waals surface area contributed by atoms with Gasteiger partial charge in [0.2, 0.25) is 0 Å². The summed E-state index contributed by atoms with van der Waals surface area (Å²) < 4.78 is 2.07. The molecule has 0 aromatic carbocycles. The standard InChI is InChI=1S/C9H16N2.C2H6/c1-7(2)9-5-6-10-11(9)8(3)4;1-2/h5-8H,1-4H3;1-2H3. The second-order valence-electron chi connectivity index (χ2n) is 3.45. The molecule has 2 heteroatoms. The monoisotopic (exact) mass is 182 g/mol. The van der Waals surface area contributed by atoms with Crippen LogP contribution in [0.2, 0.25) is 0 Å². The van der Waals surface area contributed by atoms with Crippen LogP contribution in [0.15, 0.2) is 12.3 Å². The van der Waals surface area contributed by atoms with Crippen LogP contribution in [0, 0.1) is 0 Å². The van der Waals surface area contributed by atoms with Gasteiger partial charge in [0, 0.05) is 17.9 Å². The second kappa shape index (κ2) is 5.79. The van der Waals surface area contributed by atoms with Crippen LogP contribution < -0.4 is 0 Å². The van der Waals surface area contributed by atoms with Gasteiger partial charge in [-0.25, -0.2) is 0 Å². The second-order valence-corrected chi connectivity index (χ2v) is 3.45. The van der Waals surface area contributed by atoms with Gasteiger partial charge in [-0.2, -0.15) is 5.10 Å². The molecule has 2 nitrogen and oxygen atoms in total. The maximum absolute atomic E-state index is 4.25. The molecule has 0 saturated carbocycles. The van der Waals surface area contributed by atoms with E-state index >= 15 is 0 Å². The zero-order valence-corrected chi connectivity index (χ0v) is 9.70. The van der Waals surface area contributed by atoms with E-state index in [1.54, 1.807) is 0 Å². The quantitative estimate of drug-likeness (QED) is 0.683. The Bertz CT molecular complexity index is 201. The Morgan fingerprint density at radius 3 is 2.00 bits per heavy atom. The molecule has 13 heavy (non-hydrogen) atoms. The van der Waals surface area contributed by atoms with Crippen molar-refractivity contribution in [1.29, 1.82) is 0 Å². The highest BCUT2D eigenvalue weighted by molar-refractivity contribution is 5.06. The smallest absolute Gasteiger partial charge is 0.0492 e. The van der Waals surface area contributed by atoms with Gasteiger partial charge in [0.15, 0.2) is 0 Å². The van der Waals surface area contributed by atoms with Gasteiger partial charge < -0.3 is 0 Å². The fraction of sp³-hybridized carbons (Fsp3) is 0.727. The van der Waals surface area contributed by atoms with E-state index in [1.807, 2.05) is 20.0 Å². The highest BCUT2D eigenvalue weighted by atomic mass is 15.3. The average Bonchev–Trinajstić information content (AvgIpc) is 2.55. The summed E-state index contributed by atoms with van der Waals surface area (Å²) in [6.45, 7) is 12.7. The van der Waals surface area contributed by atoms with Gasteiger partial charge in [-0.15, -0.1) is 0 Å². The summed E-state index contributed by atoms with van der Waals surface area (Å²) in [6, 6.07) is 2.56. The minimum Gasteiger partial charge on any atom is -0.267 e. The molecular formula is C11H22N2. The Morgan fingerprint density at radius 1 is 1.15 bits per heavy atom. The molecule has 1 rings (SSSR count). The van der Waals surface area contributed by atoms with Crippen LogP contribution in [0.5, 0.6) is 0 Å². The molecular weight excluding hydrogens is 160 g/mol. The van der Waals surface area contributed by atoms with E-state index in [-0.39, 0.29) is 0 Å². The summed E-state index contributed by atoms with van der Waals surface area (Å²) in [5.41, 5.74) is 1.32. The van der Waals surface area contributed by atoms with Crippen LogP contribution in [-0.4, -0.2) is 9.78 Å². The molecule has 0 aliphatic carbocycles. The van der Waals surface area contributed by atoms with Crippen LogP contribution in [0.4, 0.5) is 0 Å². The SMILES string of the molecule is CC.CC(C)c1ccnn1C(C)C. The lowest BCUT2D eigenvalue weighted by Gasteiger charge is -2.12. The number of aromatic nitrogens is 2. The van der Waals surface area contributed by atoms with E-state index in [2.05, 4.69) is 43.5 Å². The van der Waals surface area contributed by atoms with Crippen LogP contribution >= 0.6 is 0 Å². The van der Waals surface area contributed by atoms with Gasteiger partial charge in [-0.1, -0.05) is 27.7 Å². The molecule has 0 fully saturated rings. The lowest BCUT2D eigenvalue weighted by atomic mass is 10.1. The molecule has 76 valence electrons. The molecule has 1 heterocycles. The molecule has 1 aromatic rings. The van der Waals surface area contributed by atoms with Crippen molar-refractivity contribution in [2.75, 3.05) is 0 Å². The van der Waals surface area contributed by atoms with Crippen molar-refractivity contribution >= 4 is 0 Å². The summed E-state index contributed by atoms with van der Waals surface area (Å²) in [5, 5.41) is 4.25. The largest absolute Gasteiger partial charge is 0.267 e. The minimum absolute atomic E-state index is 0.474. The Balaban J connectivity index is 0.000000671. The third kappa shape index (κ3) is 3.21. The topological polar surface area (TPSA) is 17.8 Å². The molecule has 0 radical (unpaired) electrons. The van der Waals surface area contributed by atoms with Gasteiger partial charge in [-0.3, -0.25) is 4.68 Å². The number of rotatable bonds is 2. The maximum Gasteiger partial charge on any atom is 0.0492 e. The van der Waals surface area contributed by atoms with Gasteiger partial charge in [0.1, 0.15) is 0 Å².